The first-order chi connectivity index (χ1) is 5.11. The van der Waals surface area contributed by atoms with Crippen LogP contribution in [0.2, 0.25) is 0 Å². The molecule has 0 aromatic rings. The molecule has 4 heteroatoms. The van der Waals surface area contributed by atoms with Crippen molar-refractivity contribution >= 4 is 5.97 Å². The van der Waals surface area contributed by atoms with Crippen molar-refractivity contribution in [2.45, 2.75) is 32.5 Å². The van der Waals surface area contributed by atoms with E-state index in [0.717, 1.165) is 0 Å². The van der Waals surface area contributed by atoms with Crippen LogP contribution in [0.15, 0.2) is 0 Å². The van der Waals surface area contributed by atoms with Crippen molar-refractivity contribution in [3.8, 4) is 0 Å². The molecular formula is C7H15NO3. The van der Waals surface area contributed by atoms with E-state index < -0.39 is 12.1 Å². The highest BCUT2D eigenvalue weighted by molar-refractivity contribution is 5.72. The smallest absolute Gasteiger partial charge is 0.332 e. The Labute approximate surface area is 66.3 Å². The predicted octanol–water partition coefficient (Wildman–Crippen LogP) is 0.213. The Balaban J connectivity index is 3.77. The second-order valence-corrected chi connectivity index (χ2v) is 2.42. The van der Waals surface area contributed by atoms with Crippen LogP contribution in [0.1, 0.15) is 20.3 Å². The lowest BCUT2D eigenvalue weighted by Gasteiger charge is -2.15. The van der Waals surface area contributed by atoms with Crippen molar-refractivity contribution in [3.05, 3.63) is 0 Å². The molecule has 0 aromatic heterocycles. The van der Waals surface area contributed by atoms with Crippen molar-refractivity contribution in [1.82, 2.24) is 0 Å². The van der Waals surface area contributed by atoms with Crippen LogP contribution >= 0.6 is 0 Å². The fourth-order valence-electron chi connectivity index (χ4n) is 0.665. The van der Waals surface area contributed by atoms with E-state index in [1.807, 2.05) is 0 Å². The third kappa shape index (κ3) is 3.95. The lowest BCUT2D eigenvalue weighted by atomic mass is 10.2. The molecule has 0 radical (unpaired) electrons. The molecule has 0 aromatic carbocycles. The molecule has 0 bridgehead atoms. The van der Waals surface area contributed by atoms with Crippen LogP contribution in [0, 0.1) is 0 Å². The first kappa shape index (κ1) is 10.4. The molecule has 2 atom stereocenters. The molecule has 0 rings (SSSR count). The number of ether oxygens (including phenoxy) is 1. The Morgan fingerprint density at radius 3 is 2.55 bits per heavy atom. The zero-order chi connectivity index (χ0) is 8.85. The quantitative estimate of drug-likeness (QED) is 0.604. The van der Waals surface area contributed by atoms with E-state index in [9.17, 15) is 4.79 Å². The lowest BCUT2D eigenvalue weighted by Crippen LogP contribution is -2.31. The van der Waals surface area contributed by atoms with Gasteiger partial charge in [0, 0.05) is 6.54 Å². The van der Waals surface area contributed by atoms with Gasteiger partial charge in [-0.2, -0.15) is 0 Å². The summed E-state index contributed by atoms with van der Waals surface area (Å²) in [5, 5.41) is 8.55. The molecule has 11 heavy (non-hydrogen) atoms. The number of hydrogen-bond acceptors (Lipinski definition) is 3. The molecule has 2 unspecified atom stereocenters. The molecule has 0 aliphatic heterocycles. The fraction of sp³-hybridized carbons (Fsp3) is 0.857. The molecule has 3 N–H and O–H groups in total. The van der Waals surface area contributed by atoms with Crippen molar-refractivity contribution in [2.75, 3.05) is 6.54 Å². The van der Waals surface area contributed by atoms with E-state index >= 15 is 0 Å². The molecule has 0 saturated carbocycles. The van der Waals surface area contributed by atoms with Gasteiger partial charge in [0.05, 0.1) is 6.10 Å². The monoisotopic (exact) mass is 161 g/mol. The van der Waals surface area contributed by atoms with Crippen molar-refractivity contribution in [1.29, 1.82) is 0 Å². The van der Waals surface area contributed by atoms with Crippen molar-refractivity contribution < 1.29 is 14.6 Å². The Hall–Kier alpha value is -0.610. The normalized spacial score (nSPS) is 15.9. The highest BCUT2D eigenvalue weighted by Gasteiger charge is 2.17. The summed E-state index contributed by atoms with van der Waals surface area (Å²) in [5.74, 6) is -0.923. The van der Waals surface area contributed by atoms with Crippen molar-refractivity contribution in [2.24, 2.45) is 5.73 Å². The minimum absolute atomic E-state index is 0.184. The van der Waals surface area contributed by atoms with E-state index in [4.69, 9.17) is 15.6 Å². The Bertz CT molecular complexity index is 127. The summed E-state index contributed by atoms with van der Waals surface area (Å²) in [6.45, 7) is 3.87. The largest absolute Gasteiger partial charge is 0.479 e. The first-order valence-corrected chi connectivity index (χ1v) is 3.70. The number of aliphatic carboxylic acids is 1. The SMILES string of the molecule is CCC(OC(C)CN)C(=O)O. The van der Waals surface area contributed by atoms with Crippen LogP contribution in [-0.4, -0.2) is 29.8 Å². The minimum atomic E-state index is -0.923. The van der Waals surface area contributed by atoms with Crippen LogP contribution in [0.5, 0.6) is 0 Å². The maximum atomic E-state index is 10.4. The standard InChI is InChI=1S/C7H15NO3/c1-3-6(7(9)10)11-5(2)4-8/h5-6H,3-4,8H2,1-2H3,(H,9,10). The highest BCUT2D eigenvalue weighted by atomic mass is 16.5. The first-order valence-electron chi connectivity index (χ1n) is 3.70. The maximum Gasteiger partial charge on any atom is 0.332 e. The molecule has 0 fully saturated rings. The Kier molecular flexibility index (Phi) is 4.81. The van der Waals surface area contributed by atoms with E-state index in [0.29, 0.717) is 13.0 Å². The summed E-state index contributed by atoms with van der Waals surface area (Å²) < 4.78 is 5.09. The van der Waals surface area contributed by atoms with Gasteiger partial charge in [-0.25, -0.2) is 4.79 Å². The van der Waals surface area contributed by atoms with E-state index in [2.05, 4.69) is 0 Å². The van der Waals surface area contributed by atoms with Gasteiger partial charge in [-0.1, -0.05) is 6.92 Å². The number of nitrogens with two attached hydrogens (primary N) is 1. The third-order valence-electron chi connectivity index (χ3n) is 1.37. The van der Waals surface area contributed by atoms with Crippen LogP contribution < -0.4 is 5.73 Å². The summed E-state index contributed by atoms with van der Waals surface area (Å²) in [6, 6.07) is 0. The number of carboxylic acid groups (broad SMARTS) is 1. The predicted molar refractivity (Wildman–Crippen MR) is 41.3 cm³/mol. The zero-order valence-corrected chi connectivity index (χ0v) is 6.91. The Morgan fingerprint density at radius 2 is 2.27 bits per heavy atom. The second kappa shape index (κ2) is 5.09. The summed E-state index contributed by atoms with van der Waals surface area (Å²) >= 11 is 0. The van der Waals surface area contributed by atoms with Gasteiger partial charge in [-0.05, 0) is 13.3 Å². The number of hydrogen-bond donors (Lipinski definition) is 2. The molecular weight excluding hydrogens is 146 g/mol. The summed E-state index contributed by atoms with van der Waals surface area (Å²) in [4.78, 5) is 10.4. The highest BCUT2D eigenvalue weighted by Crippen LogP contribution is 2.01. The van der Waals surface area contributed by atoms with Crippen LogP contribution in [0.3, 0.4) is 0 Å². The average Bonchev–Trinajstić information content (AvgIpc) is 1.99. The molecule has 0 spiro atoms. The van der Waals surface area contributed by atoms with Gasteiger partial charge in [0.1, 0.15) is 0 Å². The van der Waals surface area contributed by atoms with Gasteiger partial charge < -0.3 is 15.6 Å². The zero-order valence-electron chi connectivity index (χ0n) is 6.91. The van der Waals surface area contributed by atoms with Gasteiger partial charge in [-0.15, -0.1) is 0 Å². The lowest BCUT2D eigenvalue weighted by molar-refractivity contribution is -0.153. The fourth-order valence-corrected chi connectivity index (χ4v) is 0.665. The molecule has 66 valence electrons. The van der Waals surface area contributed by atoms with Gasteiger partial charge >= 0.3 is 5.97 Å². The molecule has 0 amide bonds. The van der Waals surface area contributed by atoms with E-state index in [1.165, 1.54) is 0 Å². The molecule has 0 saturated heterocycles. The van der Waals surface area contributed by atoms with Gasteiger partial charge in [0.2, 0.25) is 0 Å². The van der Waals surface area contributed by atoms with Crippen LogP contribution in [0.25, 0.3) is 0 Å². The molecule has 0 heterocycles. The molecule has 4 nitrogen and oxygen atoms in total. The second-order valence-electron chi connectivity index (χ2n) is 2.42. The Morgan fingerprint density at radius 1 is 1.73 bits per heavy atom. The van der Waals surface area contributed by atoms with E-state index in [-0.39, 0.29) is 6.10 Å². The number of carbonyl (C=O) groups is 1. The van der Waals surface area contributed by atoms with Gasteiger partial charge in [0.15, 0.2) is 6.10 Å². The minimum Gasteiger partial charge on any atom is -0.479 e. The van der Waals surface area contributed by atoms with Crippen LogP contribution in [0.4, 0.5) is 0 Å². The topological polar surface area (TPSA) is 72.5 Å². The number of rotatable bonds is 5. The summed E-state index contributed by atoms with van der Waals surface area (Å²) in [6.07, 6.45) is -0.427. The summed E-state index contributed by atoms with van der Waals surface area (Å²) in [7, 11) is 0. The molecule has 0 aliphatic rings. The third-order valence-corrected chi connectivity index (χ3v) is 1.37. The van der Waals surface area contributed by atoms with Gasteiger partial charge in [0.25, 0.3) is 0 Å². The molecule has 0 aliphatic carbocycles. The van der Waals surface area contributed by atoms with E-state index in [1.54, 1.807) is 13.8 Å². The van der Waals surface area contributed by atoms with Crippen LogP contribution in [-0.2, 0) is 9.53 Å². The van der Waals surface area contributed by atoms with Gasteiger partial charge in [-0.3, -0.25) is 0 Å². The summed E-state index contributed by atoms with van der Waals surface area (Å²) in [5.41, 5.74) is 5.26. The van der Waals surface area contributed by atoms with Crippen molar-refractivity contribution in [3.63, 3.8) is 0 Å². The number of carboxylic acids is 1. The maximum absolute atomic E-state index is 10.4. The average molecular weight is 161 g/mol.